The van der Waals surface area contributed by atoms with E-state index in [4.69, 9.17) is 11.6 Å². The third-order valence-corrected chi connectivity index (χ3v) is 6.47. The van der Waals surface area contributed by atoms with Crippen molar-refractivity contribution in [3.05, 3.63) is 76.8 Å². The molecule has 3 aromatic carbocycles. The molecule has 0 unspecified atom stereocenters. The molecule has 0 saturated carbocycles. The van der Waals surface area contributed by atoms with Gasteiger partial charge in [0.1, 0.15) is 6.04 Å². The van der Waals surface area contributed by atoms with Gasteiger partial charge in [0.2, 0.25) is 15.9 Å². The van der Waals surface area contributed by atoms with Crippen LogP contribution in [0.3, 0.4) is 0 Å². The first-order valence-electron chi connectivity index (χ1n) is 9.72. The van der Waals surface area contributed by atoms with Crippen LogP contribution in [0.15, 0.2) is 60.7 Å². The summed E-state index contributed by atoms with van der Waals surface area (Å²) in [6.07, 6.45) is 1.42. The molecule has 3 rings (SSSR count). The SMILES string of the molecule is CC[C@H](C(=O)NCc1cccc2ccccc12)N(c1cc(Cl)ccc1C)S(C)(=O)=O. The Labute approximate surface area is 182 Å². The van der Waals surface area contributed by atoms with Crippen LogP contribution in [0.2, 0.25) is 5.02 Å². The monoisotopic (exact) mass is 444 g/mol. The summed E-state index contributed by atoms with van der Waals surface area (Å²) in [5.74, 6) is -0.352. The molecule has 0 heterocycles. The number of carbonyl (C=O) groups excluding carboxylic acids is 1. The van der Waals surface area contributed by atoms with Crippen LogP contribution in [-0.2, 0) is 21.4 Å². The zero-order valence-electron chi connectivity index (χ0n) is 17.2. The summed E-state index contributed by atoms with van der Waals surface area (Å²) in [7, 11) is -3.72. The molecular weight excluding hydrogens is 420 g/mol. The molecule has 30 heavy (non-hydrogen) atoms. The van der Waals surface area contributed by atoms with E-state index >= 15 is 0 Å². The van der Waals surface area contributed by atoms with E-state index in [1.165, 1.54) is 4.31 Å². The molecule has 1 N–H and O–H groups in total. The molecule has 0 spiro atoms. The number of nitrogens with zero attached hydrogens (tertiary/aromatic N) is 1. The zero-order valence-corrected chi connectivity index (χ0v) is 18.8. The highest BCUT2D eigenvalue weighted by Gasteiger charge is 2.32. The second-order valence-corrected chi connectivity index (χ2v) is 9.57. The predicted molar refractivity (Wildman–Crippen MR) is 123 cm³/mol. The van der Waals surface area contributed by atoms with E-state index in [1.807, 2.05) is 42.5 Å². The standard InChI is InChI=1S/C23H25ClN2O3S/c1-4-21(26(30(3,28)29)22-14-19(24)13-12-16(22)2)23(27)25-15-18-10-7-9-17-8-5-6-11-20(17)18/h5-14,21H,4,15H2,1-3H3,(H,25,27)/t21-/m1/s1. The van der Waals surface area contributed by atoms with Gasteiger partial charge < -0.3 is 5.32 Å². The van der Waals surface area contributed by atoms with Crippen molar-refractivity contribution in [1.29, 1.82) is 0 Å². The lowest BCUT2D eigenvalue weighted by molar-refractivity contribution is -0.122. The van der Waals surface area contributed by atoms with Gasteiger partial charge in [-0.15, -0.1) is 0 Å². The molecule has 158 valence electrons. The van der Waals surface area contributed by atoms with E-state index in [0.29, 0.717) is 23.7 Å². The van der Waals surface area contributed by atoms with Crippen molar-refractivity contribution in [2.45, 2.75) is 32.9 Å². The van der Waals surface area contributed by atoms with Crippen LogP contribution in [0.5, 0.6) is 0 Å². The summed E-state index contributed by atoms with van der Waals surface area (Å²) >= 11 is 6.11. The number of benzene rings is 3. The third-order valence-electron chi connectivity index (χ3n) is 5.07. The summed E-state index contributed by atoms with van der Waals surface area (Å²) in [6, 6.07) is 18.0. The maximum Gasteiger partial charge on any atom is 0.244 e. The maximum atomic E-state index is 13.1. The van der Waals surface area contributed by atoms with Gasteiger partial charge in [0, 0.05) is 11.6 Å². The maximum absolute atomic E-state index is 13.1. The van der Waals surface area contributed by atoms with Crippen LogP contribution in [0.4, 0.5) is 5.69 Å². The second kappa shape index (κ2) is 9.06. The van der Waals surface area contributed by atoms with Gasteiger partial charge in [-0.3, -0.25) is 9.10 Å². The number of halogens is 1. The Bertz CT molecular complexity index is 1170. The van der Waals surface area contributed by atoms with Gasteiger partial charge in [0.15, 0.2) is 0 Å². The van der Waals surface area contributed by atoms with Crippen molar-refractivity contribution in [3.63, 3.8) is 0 Å². The lowest BCUT2D eigenvalue weighted by Crippen LogP contribution is -2.49. The topological polar surface area (TPSA) is 66.5 Å². The minimum Gasteiger partial charge on any atom is -0.350 e. The minimum absolute atomic E-state index is 0.308. The molecule has 1 atom stereocenters. The number of hydrogen-bond acceptors (Lipinski definition) is 3. The number of aryl methyl sites for hydroxylation is 1. The van der Waals surface area contributed by atoms with E-state index in [0.717, 1.165) is 28.2 Å². The molecule has 7 heteroatoms. The first-order valence-corrected chi connectivity index (χ1v) is 11.9. The van der Waals surface area contributed by atoms with E-state index in [1.54, 1.807) is 32.0 Å². The van der Waals surface area contributed by atoms with Gasteiger partial charge >= 0.3 is 0 Å². The van der Waals surface area contributed by atoms with Gasteiger partial charge in [-0.2, -0.15) is 0 Å². The molecule has 0 aliphatic heterocycles. The molecule has 3 aromatic rings. The molecule has 0 aliphatic carbocycles. The molecule has 0 bridgehead atoms. The number of fused-ring (bicyclic) bond motifs is 1. The molecule has 1 amide bonds. The Kier molecular flexibility index (Phi) is 6.68. The van der Waals surface area contributed by atoms with Gasteiger partial charge in [-0.05, 0) is 47.4 Å². The Balaban J connectivity index is 1.90. The number of amides is 1. The van der Waals surface area contributed by atoms with Gasteiger partial charge in [0.25, 0.3) is 0 Å². The Morgan fingerprint density at radius 3 is 2.50 bits per heavy atom. The highest BCUT2D eigenvalue weighted by atomic mass is 35.5. The fourth-order valence-corrected chi connectivity index (χ4v) is 5.03. The highest BCUT2D eigenvalue weighted by molar-refractivity contribution is 7.92. The van der Waals surface area contributed by atoms with Crippen molar-refractivity contribution in [3.8, 4) is 0 Å². The lowest BCUT2D eigenvalue weighted by atomic mass is 10.0. The number of hydrogen-bond donors (Lipinski definition) is 1. The molecular formula is C23H25ClN2O3S. The number of anilines is 1. The second-order valence-electron chi connectivity index (χ2n) is 7.27. The van der Waals surface area contributed by atoms with Crippen LogP contribution in [0.25, 0.3) is 10.8 Å². The molecule has 0 fully saturated rings. The molecule has 0 aromatic heterocycles. The summed E-state index contributed by atoms with van der Waals surface area (Å²) in [5.41, 5.74) is 2.11. The van der Waals surface area contributed by atoms with Crippen LogP contribution in [-0.4, -0.2) is 26.6 Å². The van der Waals surface area contributed by atoms with Crippen molar-refractivity contribution < 1.29 is 13.2 Å². The third kappa shape index (κ3) is 4.77. The summed E-state index contributed by atoms with van der Waals surface area (Å²) in [5, 5.41) is 5.47. The van der Waals surface area contributed by atoms with Crippen molar-refractivity contribution in [2.24, 2.45) is 0 Å². The summed E-state index contributed by atoms with van der Waals surface area (Å²) < 4.78 is 26.5. The predicted octanol–water partition coefficient (Wildman–Crippen LogP) is 4.66. The summed E-state index contributed by atoms with van der Waals surface area (Å²) in [6.45, 7) is 3.90. The van der Waals surface area contributed by atoms with Crippen LogP contribution >= 0.6 is 11.6 Å². The Morgan fingerprint density at radius 1 is 1.10 bits per heavy atom. The van der Waals surface area contributed by atoms with Crippen molar-refractivity contribution >= 4 is 44.0 Å². The fourth-order valence-electron chi connectivity index (χ4n) is 3.60. The number of carbonyl (C=O) groups is 1. The first-order chi connectivity index (χ1) is 14.2. The zero-order chi connectivity index (χ0) is 21.9. The largest absolute Gasteiger partial charge is 0.350 e. The van der Waals surface area contributed by atoms with Gasteiger partial charge in [-0.1, -0.05) is 67.1 Å². The molecule has 0 saturated heterocycles. The fraction of sp³-hybridized carbons (Fsp3) is 0.261. The van der Waals surface area contributed by atoms with Crippen molar-refractivity contribution in [1.82, 2.24) is 5.32 Å². The van der Waals surface area contributed by atoms with E-state index in [9.17, 15) is 13.2 Å². The first kappa shape index (κ1) is 22.1. The normalized spacial score (nSPS) is 12.5. The summed E-state index contributed by atoms with van der Waals surface area (Å²) in [4.78, 5) is 13.1. The van der Waals surface area contributed by atoms with Gasteiger partial charge in [0.05, 0.1) is 11.9 Å². The van der Waals surface area contributed by atoms with Crippen LogP contribution in [0, 0.1) is 6.92 Å². The quantitative estimate of drug-likeness (QED) is 0.576. The number of rotatable bonds is 7. The van der Waals surface area contributed by atoms with Gasteiger partial charge in [-0.25, -0.2) is 8.42 Å². The number of nitrogens with one attached hydrogen (secondary N) is 1. The van der Waals surface area contributed by atoms with E-state index in [-0.39, 0.29) is 5.91 Å². The Morgan fingerprint density at radius 2 is 1.80 bits per heavy atom. The average Bonchev–Trinajstić information content (AvgIpc) is 2.71. The van der Waals surface area contributed by atoms with E-state index < -0.39 is 16.1 Å². The average molecular weight is 445 g/mol. The van der Waals surface area contributed by atoms with Crippen LogP contribution < -0.4 is 9.62 Å². The van der Waals surface area contributed by atoms with E-state index in [2.05, 4.69) is 5.32 Å². The number of sulfonamides is 1. The molecule has 0 radical (unpaired) electrons. The van der Waals surface area contributed by atoms with Crippen molar-refractivity contribution in [2.75, 3.05) is 10.6 Å². The molecule has 5 nitrogen and oxygen atoms in total. The lowest BCUT2D eigenvalue weighted by Gasteiger charge is -2.31. The molecule has 0 aliphatic rings. The minimum atomic E-state index is -3.72. The highest BCUT2D eigenvalue weighted by Crippen LogP contribution is 2.29. The van der Waals surface area contributed by atoms with Crippen LogP contribution in [0.1, 0.15) is 24.5 Å². The Hall–Kier alpha value is -2.57. The smallest absolute Gasteiger partial charge is 0.244 e.